The molecular formula is C20H24N4O3. The van der Waals surface area contributed by atoms with Crippen molar-refractivity contribution in [3.05, 3.63) is 53.3 Å². The number of benzene rings is 1. The molecule has 142 valence electrons. The molecule has 2 aromatic rings. The van der Waals surface area contributed by atoms with Crippen molar-refractivity contribution in [2.24, 2.45) is 0 Å². The van der Waals surface area contributed by atoms with E-state index < -0.39 is 0 Å². The molecule has 0 bridgehead atoms. The first kappa shape index (κ1) is 17.8. The smallest absolute Gasteiger partial charge is 0.241 e. The van der Waals surface area contributed by atoms with Crippen molar-refractivity contribution < 1.29 is 14.3 Å². The number of carbonyl (C=O) groups is 1. The molecule has 1 saturated heterocycles. The van der Waals surface area contributed by atoms with Gasteiger partial charge in [0.1, 0.15) is 6.04 Å². The Balaban J connectivity index is 1.45. The average molecular weight is 368 g/mol. The molecule has 2 unspecified atom stereocenters. The Morgan fingerprint density at radius 3 is 2.63 bits per heavy atom. The molecule has 1 aromatic heterocycles. The van der Waals surface area contributed by atoms with Gasteiger partial charge in [0.05, 0.1) is 26.0 Å². The third-order valence-electron chi connectivity index (χ3n) is 5.28. The molecule has 4 rings (SSSR count). The standard InChI is InChI=1S/C20H24N4O3/c1-26-18-9-13-6-8-24(12-14(13)10-19(18)27-2)20(25)17-11-16(22-23-17)15-5-3-4-7-21-15/h3-5,7,9-10,16-17,22-23H,6,8,11-12H2,1-2H3. The number of methoxy groups -OCH3 is 2. The van der Waals surface area contributed by atoms with Gasteiger partial charge in [-0.15, -0.1) is 0 Å². The van der Waals surface area contributed by atoms with E-state index in [1.165, 1.54) is 5.56 Å². The van der Waals surface area contributed by atoms with E-state index in [9.17, 15) is 4.79 Å². The van der Waals surface area contributed by atoms with Crippen LogP contribution in [0.1, 0.15) is 29.3 Å². The number of hydrogen-bond acceptors (Lipinski definition) is 6. The summed E-state index contributed by atoms with van der Waals surface area (Å²) >= 11 is 0. The van der Waals surface area contributed by atoms with Crippen molar-refractivity contribution in [3.63, 3.8) is 0 Å². The van der Waals surface area contributed by atoms with E-state index in [4.69, 9.17) is 9.47 Å². The SMILES string of the molecule is COc1cc2c(cc1OC)CN(C(=O)C1CC(c3ccccn3)NN1)CC2. The third-order valence-corrected chi connectivity index (χ3v) is 5.28. The van der Waals surface area contributed by atoms with Crippen molar-refractivity contribution in [1.82, 2.24) is 20.7 Å². The van der Waals surface area contributed by atoms with Crippen molar-refractivity contribution in [3.8, 4) is 11.5 Å². The first-order valence-electron chi connectivity index (χ1n) is 9.14. The number of pyridine rings is 1. The minimum atomic E-state index is -0.251. The highest BCUT2D eigenvalue weighted by molar-refractivity contribution is 5.82. The zero-order valence-electron chi connectivity index (χ0n) is 15.6. The Hall–Kier alpha value is -2.64. The molecule has 0 saturated carbocycles. The highest BCUT2D eigenvalue weighted by Crippen LogP contribution is 2.33. The van der Waals surface area contributed by atoms with Crippen LogP contribution in [0, 0.1) is 0 Å². The summed E-state index contributed by atoms with van der Waals surface area (Å²) in [6.07, 6.45) is 3.27. The molecule has 27 heavy (non-hydrogen) atoms. The van der Waals surface area contributed by atoms with E-state index >= 15 is 0 Å². The van der Waals surface area contributed by atoms with Gasteiger partial charge in [-0.25, -0.2) is 10.9 Å². The maximum atomic E-state index is 13.0. The number of hydrogen-bond donors (Lipinski definition) is 2. The summed E-state index contributed by atoms with van der Waals surface area (Å²) in [5.41, 5.74) is 9.60. The number of fused-ring (bicyclic) bond motifs is 1. The number of nitrogens with one attached hydrogen (secondary N) is 2. The van der Waals surface area contributed by atoms with E-state index in [0.29, 0.717) is 25.3 Å². The summed E-state index contributed by atoms with van der Waals surface area (Å²) in [4.78, 5) is 19.3. The Morgan fingerprint density at radius 1 is 1.15 bits per heavy atom. The fourth-order valence-corrected chi connectivity index (χ4v) is 3.79. The van der Waals surface area contributed by atoms with Gasteiger partial charge in [0.2, 0.25) is 5.91 Å². The molecule has 0 aliphatic carbocycles. The molecular weight excluding hydrogens is 344 g/mol. The summed E-state index contributed by atoms with van der Waals surface area (Å²) < 4.78 is 10.8. The number of hydrazine groups is 1. The molecule has 0 radical (unpaired) electrons. The van der Waals surface area contributed by atoms with E-state index in [2.05, 4.69) is 15.8 Å². The highest BCUT2D eigenvalue weighted by atomic mass is 16.5. The lowest BCUT2D eigenvalue weighted by Crippen LogP contribution is -2.47. The lowest BCUT2D eigenvalue weighted by Gasteiger charge is -2.31. The van der Waals surface area contributed by atoms with Gasteiger partial charge < -0.3 is 14.4 Å². The second-order valence-electron chi connectivity index (χ2n) is 6.87. The van der Waals surface area contributed by atoms with Crippen LogP contribution < -0.4 is 20.3 Å². The number of amides is 1. The molecule has 2 aliphatic heterocycles. The predicted octanol–water partition coefficient (Wildman–Crippen LogP) is 1.59. The van der Waals surface area contributed by atoms with Crippen molar-refractivity contribution >= 4 is 5.91 Å². The molecule has 2 N–H and O–H groups in total. The van der Waals surface area contributed by atoms with Gasteiger partial charge in [0.25, 0.3) is 0 Å². The van der Waals surface area contributed by atoms with Crippen LogP contribution >= 0.6 is 0 Å². The third kappa shape index (κ3) is 3.48. The maximum absolute atomic E-state index is 13.0. The molecule has 7 heteroatoms. The molecule has 3 heterocycles. The van der Waals surface area contributed by atoms with Crippen LogP contribution in [0.2, 0.25) is 0 Å². The van der Waals surface area contributed by atoms with E-state index in [1.807, 2.05) is 35.2 Å². The Bertz CT molecular complexity index is 827. The summed E-state index contributed by atoms with van der Waals surface area (Å²) in [5, 5.41) is 0. The number of nitrogens with zero attached hydrogens (tertiary/aromatic N) is 2. The van der Waals surface area contributed by atoms with Crippen LogP contribution in [-0.4, -0.2) is 42.6 Å². The topological polar surface area (TPSA) is 75.7 Å². The molecule has 1 fully saturated rings. The van der Waals surface area contributed by atoms with Gasteiger partial charge in [0.15, 0.2) is 11.5 Å². The monoisotopic (exact) mass is 368 g/mol. The second kappa shape index (κ2) is 7.54. The largest absolute Gasteiger partial charge is 0.493 e. The Kier molecular flexibility index (Phi) is 4.96. The molecule has 1 amide bonds. The number of carbonyl (C=O) groups excluding carboxylic acids is 1. The zero-order valence-corrected chi connectivity index (χ0v) is 15.6. The minimum absolute atomic E-state index is 0.0431. The number of ether oxygens (including phenoxy) is 2. The lowest BCUT2D eigenvalue weighted by molar-refractivity contribution is -0.134. The zero-order chi connectivity index (χ0) is 18.8. The Labute approximate surface area is 158 Å². The van der Waals surface area contributed by atoms with Crippen molar-refractivity contribution in [1.29, 1.82) is 0 Å². The van der Waals surface area contributed by atoms with Crippen LogP contribution in [-0.2, 0) is 17.8 Å². The van der Waals surface area contributed by atoms with Crippen LogP contribution in [0.4, 0.5) is 0 Å². The summed E-state index contributed by atoms with van der Waals surface area (Å²) in [5.74, 6) is 1.54. The fraction of sp³-hybridized carbons (Fsp3) is 0.400. The van der Waals surface area contributed by atoms with E-state index in [-0.39, 0.29) is 18.0 Å². The van der Waals surface area contributed by atoms with Gasteiger partial charge in [0, 0.05) is 19.3 Å². The predicted molar refractivity (Wildman–Crippen MR) is 100 cm³/mol. The van der Waals surface area contributed by atoms with Crippen molar-refractivity contribution in [2.45, 2.75) is 31.5 Å². The van der Waals surface area contributed by atoms with Gasteiger partial charge in [-0.3, -0.25) is 9.78 Å². The van der Waals surface area contributed by atoms with Crippen LogP contribution in [0.5, 0.6) is 11.5 Å². The van der Waals surface area contributed by atoms with E-state index in [0.717, 1.165) is 23.4 Å². The normalized spacial score (nSPS) is 21.6. The number of rotatable bonds is 4. The van der Waals surface area contributed by atoms with Crippen molar-refractivity contribution in [2.75, 3.05) is 20.8 Å². The molecule has 2 aliphatic rings. The minimum Gasteiger partial charge on any atom is -0.493 e. The van der Waals surface area contributed by atoms with Gasteiger partial charge in [-0.2, -0.15) is 0 Å². The fourth-order valence-electron chi connectivity index (χ4n) is 3.79. The summed E-state index contributed by atoms with van der Waals surface area (Å²) in [6.45, 7) is 1.29. The lowest BCUT2D eigenvalue weighted by atomic mass is 9.97. The number of aromatic nitrogens is 1. The van der Waals surface area contributed by atoms with Crippen LogP contribution in [0.15, 0.2) is 36.5 Å². The molecule has 0 spiro atoms. The molecule has 2 atom stereocenters. The Morgan fingerprint density at radius 2 is 1.93 bits per heavy atom. The quantitative estimate of drug-likeness (QED) is 0.854. The maximum Gasteiger partial charge on any atom is 0.241 e. The first-order valence-corrected chi connectivity index (χ1v) is 9.14. The average Bonchev–Trinajstić information content (AvgIpc) is 3.22. The second-order valence-corrected chi connectivity index (χ2v) is 6.87. The summed E-state index contributed by atoms with van der Waals surface area (Å²) in [6, 6.07) is 9.61. The van der Waals surface area contributed by atoms with Gasteiger partial charge in [-0.1, -0.05) is 6.07 Å². The van der Waals surface area contributed by atoms with Gasteiger partial charge in [-0.05, 0) is 48.2 Å². The molecule has 7 nitrogen and oxygen atoms in total. The highest BCUT2D eigenvalue weighted by Gasteiger charge is 2.34. The van der Waals surface area contributed by atoms with Crippen LogP contribution in [0.25, 0.3) is 0 Å². The first-order chi connectivity index (χ1) is 13.2. The van der Waals surface area contributed by atoms with Crippen LogP contribution in [0.3, 0.4) is 0 Å². The molecule has 1 aromatic carbocycles. The van der Waals surface area contributed by atoms with Gasteiger partial charge >= 0.3 is 0 Å². The van der Waals surface area contributed by atoms with E-state index in [1.54, 1.807) is 20.4 Å². The summed E-state index contributed by atoms with van der Waals surface area (Å²) in [7, 11) is 3.27.